The Kier molecular flexibility index (Phi) is 2.62. The average Bonchev–Trinajstić information content (AvgIpc) is 2.85. The number of carbonyl (C=O) groups excluding carboxylic acids is 1. The second kappa shape index (κ2) is 3.79. The van der Waals surface area contributed by atoms with Crippen molar-refractivity contribution in [2.75, 3.05) is 20.3 Å². The SMILES string of the molecule is COC(=O)[C@H]1N=CO[C@@H]1C1(C)OCCO1. The molecule has 6 nitrogen and oxygen atoms in total. The fourth-order valence-electron chi connectivity index (χ4n) is 1.73. The van der Waals surface area contributed by atoms with Gasteiger partial charge in [-0.25, -0.2) is 9.79 Å². The summed E-state index contributed by atoms with van der Waals surface area (Å²) in [4.78, 5) is 15.3. The zero-order valence-electron chi connectivity index (χ0n) is 8.63. The van der Waals surface area contributed by atoms with Crippen molar-refractivity contribution >= 4 is 12.4 Å². The molecule has 6 heteroatoms. The lowest BCUT2D eigenvalue weighted by Crippen LogP contribution is -2.49. The summed E-state index contributed by atoms with van der Waals surface area (Å²) in [6.45, 7) is 2.71. The molecule has 0 aliphatic carbocycles. The third-order valence-electron chi connectivity index (χ3n) is 2.54. The maximum atomic E-state index is 11.4. The van der Waals surface area contributed by atoms with E-state index in [1.807, 2.05) is 0 Å². The van der Waals surface area contributed by atoms with Crippen molar-refractivity contribution in [1.29, 1.82) is 0 Å². The highest BCUT2D eigenvalue weighted by Gasteiger charge is 2.50. The molecular formula is C9H13NO5. The lowest BCUT2D eigenvalue weighted by molar-refractivity contribution is -0.205. The van der Waals surface area contributed by atoms with Gasteiger partial charge in [-0.1, -0.05) is 0 Å². The van der Waals surface area contributed by atoms with Crippen LogP contribution in [0.4, 0.5) is 0 Å². The van der Waals surface area contributed by atoms with Crippen LogP contribution in [0.3, 0.4) is 0 Å². The predicted molar refractivity (Wildman–Crippen MR) is 49.5 cm³/mol. The molecule has 0 aromatic heterocycles. The topological polar surface area (TPSA) is 66.4 Å². The number of nitrogens with zero attached hydrogens (tertiary/aromatic N) is 1. The molecule has 0 radical (unpaired) electrons. The Morgan fingerprint density at radius 3 is 2.80 bits per heavy atom. The van der Waals surface area contributed by atoms with Gasteiger partial charge in [0, 0.05) is 0 Å². The van der Waals surface area contributed by atoms with E-state index in [2.05, 4.69) is 9.73 Å². The van der Waals surface area contributed by atoms with Gasteiger partial charge >= 0.3 is 5.97 Å². The number of rotatable bonds is 2. The van der Waals surface area contributed by atoms with Crippen LogP contribution in [0.5, 0.6) is 0 Å². The first kappa shape index (κ1) is 10.4. The maximum Gasteiger partial charge on any atom is 0.334 e. The minimum Gasteiger partial charge on any atom is -0.472 e. The van der Waals surface area contributed by atoms with Crippen molar-refractivity contribution in [3.8, 4) is 0 Å². The Morgan fingerprint density at radius 1 is 1.53 bits per heavy atom. The highest BCUT2D eigenvalue weighted by Crippen LogP contribution is 2.30. The van der Waals surface area contributed by atoms with Gasteiger partial charge in [-0.3, -0.25) is 0 Å². The molecule has 84 valence electrons. The summed E-state index contributed by atoms with van der Waals surface area (Å²) < 4.78 is 20.7. The number of esters is 1. The highest BCUT2D eigenvalue weighted by atomic mass is 16.8. The van der Waals surface area contributed by atoms with Crippen molar-refractivity contribution in [2.45, 2.75) is 24.9 Å². The van der Waals surface area contributed by atoms with Gasteiger partial charge in [0.15, 0.2) is 18.5 Å². The lowest BCUT2D eigenvalue weighted by Gasteiger charge is -2.30. The Labute approximate surface area is 87.2 Å². The normalized spacial score (nSPS) is 32.7. The molecule has 0 aromatic rings. The van der Waals surface area contributed by atoms with Crippen LogP contribution in [0.25, 0.3) is 0 Å². The van der Waals surface area contributed by atoms with E-state index < -0.39 is 23.9 Å². The van der Waals surface area contributed by atoms with E-state index in [0.29, 0.717) is 13.2 Å². The van der Waals surface area contributed by atoms with E-state index in [0.717, 1.165) is 0 Å². The summed E-state index contributed by atoms with van der Waals surface area (Å²) in [7, 11) is 1.31. The Morgan fingerprint density at radius 2 is 2.20 bits per heavy atom. The molecule has 0 bridgehead atoms. The molecule has 2 atom stereocenters. The molecule has 15 heavy (non-hydrogen) atoms. The smallest absolute Gasteiger partial charge is 0.334 e. The molecule has 0 spiro atoms. The van der Waals surface area contributed by atoms with Crippen LogP contribution in [-0.4, -0.2) is 50.6 Å². The van der Waals surface area contributed by atoms with Crippen molar-refractivity contribution in [2.24, 2.45) is 4.99 Å². The number of hydrogen-bond acceptors (Lipinski definition) is 6. The summed E-state index contributed by atoms with van der Waals surface area (Å²) >= 11 is 0. The molecule has 0 N–H and O–H groups in total. The summed E-state index contributed by atoms with van der Waals surface area (Å²) in [5.41, 5.74) is 0. The quantitative estimate of drug-likeness (QED) is 0.592. The van der Waals surface area contributed by atoms with Crippen LogP contribution in [0.15, 0.2) is 4.99 Å². The van der Waals surface area contributed by atoms with Crippen molar-refractivity contribution in [3.63, 3.8) is 0 Å². The zero-order valence-corrected chi connectivity index (χ0v) is 8.63. The molecule has 2 aliphatic rings. The van der Waals surface area contributed by atoms with E-state index in [-0.39, 0.29) is 0 Å². The summed E-state index contributed by atoms with van der Waals surface area (Å²) in [6.07, 6.45) is 0.662. The second-order valence-corrected chi connectivity index (χ2v) is 3.49. The molecular weight excluding hydrogens is 202 g/mol. The van der Waals surface area contributed by atoms with Crippen LogP contribution in [-0.2, 0) is 23.7 Å². The van der Waals surface area contributed by atoms with Crippen LogP contribution in [0.2, 0.25) is 0 Å². The predicted octanol–water partition coefficient (Wildman–Crippen LogP) is -0.282. The molecule has 2 aliphatic heterocycles. The van der Waals surface area contributed by atoms with Gasteiger partial charge < -0.3 is 18.9 Å². The summed E-state index contributed by atoms with van der Waals surface area (Å²) in [5, 5.41) is 0. The molecule has 2 heterocycles. The van der Waals surface area contributed by atoms with Gasteiger partial charge in [0.25, 0.3) is 0 Å². The van der Waals surface area contributed by atoms with E-state index in [4.69, 9.17) is 14.2 Å². The van der Waals surface area contributed by atoms with E-state index in [1.165, 1.54) is 13.5 Å². The number of methoxy groups -OCH3 is 1. The molecule has 1 saturated heterocycles. The number of hydrogen-bond donors (Lipinski definition) is 0. The third-order valence-corrected chi connectivity index (χ3v) is 2.54. The first-order valence-electron chi connectivity index (χ1n) is 4.70. The zero-order chi connectivity index (χ0) is 10.9. The number of carbonyl (C=O) groups is 1. The summed E-state index contributed by atoms with van der Waals surface area (Å²) in [6, 6.07) is -0.710. The number of aliphatic imine (C=N–C) groups is 1. The van der Waals surface area contributed by atoms with Crippen molar-refractivity contribution in [3.05, 3.63) is 0 Å². The monoisotopic (exact) mass is 215 g/mol. The highest BCUT2D eigenvalue weighted by molar-refractivity contribution is 5.79. The largest absolute Gasteiger partial charge is 0.472 e. The van der Waals surface area contributed by atoms with Crippen molar-refractivity contribution < 1.29 is 23.7 Å². The fraction of sp³-hybridized carbons (Fsp3) is 0.778. The first-order chi connectivity index (χ1) is 7.17. The van der Waals surface area contributed by atoms with Gasteiger partial charge in [0.05, 0.1) is 20.3 Å². The standard InChI is InChI=1S/C9H13NO5/c1-9(14-3-4-15-9)7-6(8(11)12-2)10-5-13-7/h5-7H,3-4H2,1-2H3/t6-,7-/m0/s1. The molecule has 0 saturated carbocycles. The van der Waals surface area contributed by atoms with E-state index in [9.17, 15) is 4.79 Å². The minimum atomic E-state index is -0.921. The maximum absolute atomic E-state index is 11.4. The van der Waals surface area contributed by atoms with Gasteiger partial charge in [0.2, 0.25) is 5.79 Å². The van der Waals surface area contributed by atoms with Gasteiger partial charge in [-0.15, -0.1) is 0 Å². The Hall–Kier alpha value is -1.14. The third kappa shape index (κ3) is 1.70. The minimum absolute atomic E-state index is 0.450. The Balaban J connectivity index is 2.12. The lowest BCUT2D eigenvalue weighted by atomic mass is 10.0. The van der Waals surface area contributed by atoms with Crippen molar-refractivity contribution in [1.82, 2.24) is 0 Å². The molecule has 0 aromatic carbocycles. The molecule has 2 rings (SSSR count). The Bertz CT molecular complexity index is 284. The molecule has 0 unspecified atom stereocenters. The molecule has 0 amide bonds. The van der Waals surface area contributed by atoms with Crippen LogP contribution in [0.1, 0.15) is 6.92 Å². The second-order valence-electron chi connectivity index (χ2n) is 3.49. The van der Waals surface area contributed by atoms with Gasteiger partial charge in [-0.2, -0.15) is 0 Å². The average molecular weight is 215 g/mol. The van der Waals surface area contributed by atoms with Gasteiger partial charge in [0.1, 0.15) is 0 Å². The summed E-state index contributed by atoms with van der Waals surface area (Å²) in [5.74, 6) is -1.37. The first-order valence-corrected chi connectivity index (χ1v) is 4.70. The van der Waals surface area contributed by atoms with Crippen LogP contribution in [0, 0.1) is 0 Å². The number of ether oxygens (including phenoxy) is 4. The van der Waals surface area contributed by atoms with Gasteiger partial charge in [-0.05, 0) is 6.92 Å². The van der Waals surface area contributed by atoms with E-state index in [1.54, 1.807) is 6.92 Å². The molecule has 1 fully saturated rings. The van der Waals surface area contributed by atoms with Crippen LogP contribution >= 0.6 is 0 Å². The van der Waals surface area contributed by atoms with E-state index >= 15 is 0 Å². The fourth-order valence-corrected chi connectivity index (χ4v) is 1.73. The van der Waals surface area contributed by atoms with Crippen LogP contribution < -0.4 is 0 Å².